The molecule has 1 heterocycles. The molecule has 0 aromatic heterocycles. The van der Waals surface area contributed by atoms with Gasteiger partial charge in [-0.15, -0.1) is 0 Å². The Morgan fingerprint density at radius 2 is 0.729 bits per heavy atom. The largest absolute Gasteiger partial charge is 0.401 e. The molecule has 0 radical (unpaired) electrons. The van der Waals surface area contributed by atoms with Crippen LogP contribution >= 0.6 is 0 Å². The summed E-state index contributed by atoms with van der Waals surface area (Å²) in [5.74, 6) is 0. The Morgan fingerprint density at radius 1 is 0.438 bits per heavy atom. The zero-order valence-electron chi connectivity index (χ0n) is 31.6. The maximum atomic E-state index is 8.50. The summed E-state index contributed by atoms with van der Waals surface area (Å²) in [6, 6.07) is 30.7. The summed E-state index contributed by atoms with van der Waals surface area (Å²) in [4.78, 5) is 0. The molecule has 5 aromatic rings. The van der Waals surface area contributed by atoms with Crippen LogP contribution in [0.4, 0.5) is 0 Å². The van der Waals surface area contributed by atoms with Crippen LogP contribution in [0, 0.1) is 83.1 Å². The van der Waals surface area contributed by atoms with Gasteiger partial charge in [0, 0.05) is 0 Å². The molecule has 5 aromatic carbocycles. The third kappa shape index (κ3) is 5.12. The van der Waals surface area contributed by atoms with E-state index in [0.717, 1.165) is 5.67 Å². The Hall–Kier alpha value is -3.51. The van der Waals surface area contributed by atoms with Gasteiger partial charge in [-0.1, -0.05) is 123 Å². The molecule has 1 aliphatic heterocycles. The molecule has 3 heteroatoms. The lowest BCUT2D eigenvalue weighted by atomic mass is 10.1. The smallest absolute Gasteiger partial charge is 0.255 e. The third-order valence-electron chi connectivity index (χ3n) is 11.4. The molecular formula is C45H54OSi2. The topological polar surface area (TPSA) is 9.23 Å². The average Bonchev–Trinajstić information content (AvgIpc) is 3.21. The van der Waals surface area contributed by atoms with Gasteiger partial charge in [0.2, 0.25) is 0 Å². The summed E-state index contributed by atoms with van der Waals surface area (Å²) in [7, 11) is -5.87. The summed E-state index contributed by atoms with van der Waals surface area (Å²) in [5.41, 5.74) is 18.7. The maximum Gasteiger partial charge on any atom is 0.255 e. The summed E-state index contributed by atoms with van der Waals surface area (Å²) in [6.07, 6.45) is 0. The van der Waals surface area contributed by atoms with Crippen molar-refractivity contribution in [1.82, 2.24) is 0 Å². The normalized spacial score (nSPS) is 18.4. The molecule has 6 rings (SSSR count). The minimum Gasteiger partial charge on any atom is -0.401 e. The van der Waals surface area contributed by atoms with Gasteiger partial charge < -0.3 is 4.43 Å². The van der Waals surface area contributed by atoms with E-state index in [0.29, 0.717) is 0 Å². The van der Waals surface area contributed by atoms with Crippen molar-refractivity contribution in [2.24, 2.45) is 0 Å². The SMILES string of the molecule is Cc1cc(C)c([Si]2(c3c(C)cc(C)cc3C)C[Si](c3c(C)cc(C)cc3C)(c3c(C)cc(C)cc3C)C(C)(c3ccccc3)O2)c(C)c1. The highest BCUT2D eigenvalue weighted by Gasteiger charge is 2.70. The van der Waals surface area contributed by atoms with Crippen molar-refractivity contribution in [1.29, 1.82) is 0 Å². The van der Waals surface area contributed by atoms with Crippen LogP contribution in [-0.2, 0) is 9.65 Å². The van der Waals surface area contributed by atoms with Gasteiger partial charge in [-0.25, -0.2) is 0 Å². The fraction of sp³-hybridized carbons (Fsp3) is 0.333. The van der Waals surface area contributed by atoms with E-state index in [1.807, 2.05) is 0 Å². The first kappa shape index (κ1) is 34.4. The molecule has 1 saturated heterocycles. The lowest BCUT2D eigenvalue weighted by Gasteiger charge is -2.45. The van der Waals surface area contributed by atoms with Gasteiger partial charge in [-0.2, -0.15) is 0 Å². The summed E-state index contributed by atoms with van der Waals surface area (Å²) in [6.45, 7) is 30.4. The van der Waals surface area contributed by atoms with Gasteiger partial charge in [-0.3, -0.25) is 0 Å². The highest BCUT2D eigenvalue weighted by molar-refractivity contribution is 7.19. The van der Waals surface area contributed by atoms with Gasteiger partial charge in [0.15, 0.2) is 8.07 Å². The van der Waals surface area contributed by atoms with Crippen molar-refractivity contribution in [2.45, 2.75) is 101 Å². The van der Waals surface area contributed by atoms with E-state index in [1.54, 1.807) is 10.4 Å². The molecule has 1 aliphatic rings. The van der Waals surface area contributed by atoms with E-state index < -0.39 is 21.6 Å². The van der Waals surface area contributed by atoms with E-state index in [1.165, 1.54) is 82.7 Å². The van der Waals surface area contributed by atoms with Crippen molar-refractivity contribution in [2.75, 3.05) is 0 Å². The van der Waals surface area contributed by atoms with E-state index in [9.17, 15) is 0 Å². The Balaban J connectivity index is 1.92. The first-order valence-electron chi connectivity index (χ1n) is 17.6. The van der Waals surface area contributed by atoms with Gasteiger partial charge >= 0.3 is 0 Å². The standard InChI is InChI=1S/C45H54OSi2/c1-28-19-32(5)41(33(6)20-28)47(42-34(7)21-29(2)22-35(42)8)27-48(43-36(9)23-30(3)24-37(43)10,44-38(11)25-31(4)26-39(44)12)46-45(47,13)40-17-15-14-16-18-40/h14-26H,27H2,1-13H3. The van der Waals surface area contributed by atoms with E-state index in [2.05, 4.69) is 169 Å². The highest BCUT2D eigenvalue weighted by Crippen LogP contribution is 2.50. The maximum absolute atomic E-state index is 8.50. The van der Waals surface area contributed by atoms with Crippen molar-refractivity contribution in [3.8, 4) is 0 Å². The Morgan fingerprint density at radius 3 is 1.04 bits per heavy atom. The summed E-state index contributed by atoms with van der Waals surface area (Å²) in [5, 5.41) is 5.54. The van der Waals surface area contributed by atoms with Crippen LogP contribution in [-0.4, -0.2) is 16.4 Å². The minimum atomic E-state index is -2.99. The van der Waals surface area contributed by atoms with Gasteiger partial charge in [0.25, 0.3) is 8.32 Å². The molecular weight excluding hydrogens is 613 g/mol. The van der Waals surface area contributed by atoms with Crippen molar-refractivity contribution in [3.05, 3.63) is 151 Å². The van der Waals surface area contributed by atoms with Crippen LogP contribution in [0.1, 0.15) is 79.2 Å². The van der Waals surface area contributed by atoms with Gasteiger partial charge in [0.05, 0.1) is 5.22 Å². The van der Waals surface area contributed by atoms with Crippen molar-refractivity contribution < 1.29 is 4.43 Å². The van der Waals surface area contributed by atoms with Crippen LogP contribution in [0.25, 0.3) is 0 Å². The third-order valence-corrected chi connectivity index (χ3v) is 25.0. The number of aryl methyl sites for hydroxylation is 12. The second-order valence-electron chi connectivity index (χ2n) is 15.5. The number of hydrogen-bond donors (Lipinski definition) is 0. The first-order valence-corrected chi connectivity index (χ1v) is 22.0. The molecule has 1 nitrogen and oxygen atoms in total. The molecule has 1 fully saturated rings. The molecule has 0 bridgehead atoms. The quantitative estimate of drug-likeness (QED) is 0.171. The fourth-order valence-electron chi connectivity index (χ4n) is 10.6. The zero-order chi connectivity index (χ0) is 34.9. The van der Waals surface area contributed by atoms with Crippen LogP contribution < -0.4 is 20.7 Å². The van der Waals surface area contributed by atoms with Gasteiger partial charge in [0.1, 0.15) is 0 Å². The fourth-order valence-corrected chi connectivity index (χ4v) is 28.2. The van der Waals surface area contributed by atoms with Crippen LogP contribution in [0.2, 0.25) is 5.67 Å². The van der Waals surface area contributed by atoms with Crippen molar-refractivity contribution >= 4 is 37.1 Å². The average molecular weight is 667 g/mol. The Kier molecular flexibility index (Phi) is 8.68. The Labute approximate surface area is 292 Å². The predicted molar refractivity (Wildman–Crippen MR) is 212 cm³/mol. The molecule has 248 valence electrons. The summed E-state index contributed by atoms with van der Waals surface area (Å²) >= 11 is 0. The lowest BCUT2D eigenvalue weighted by molar-refractivity contribution is 0.179. The molecule has 1 unspecified atom stereocenters. The highest BCUT2D eigenvalue weighted by atomic mass is 28.4. The van der Waals surface area contributed by atoms with Crippen LogP contribution in [0.5, 0.6) is 0 Å². The van der Waals surface area contributed by atoms with Crippen LogP contribution in [0.15, 0.2) is 78.9 Å². The molecule has 0 spiro atoms. The number of hydrogen-bond acceptors (Lipinski definition) is 1. The van der Waals surface area contributed by atoms with Crippen LogP contribution in [0.3, 0.4) is 0 Å². The van der Waals surface area contributed by atoms with E-state index in [-0.39, 0.29) is 0 Å². The lowest BCUT2D eigenvalue weighted by Crippen LogP contribution is -2.71. The molecule has 0 N–H and O–H groups in total. The zero-order valence-corrected chi connectivity index (χ0v) is 33.6. The molecule has 1 atom stereocenters. The second kappa shape index (κ2) is 12.1. The Bertz CT molecular complexity index is 1860. The monoisotopic (exact) mass is 666 g/mol. The predicted octanol–water partition coefficient (Wildman–Crippen LogP) is 8.73. The number of benzene rings is 5. The van der Waals surface area contributed by atoms with Crippen molar-refractivity contribution in [3.63, 3.8) is 0 Å². The second-order valence-corrected chi connectivity index (χ2v) is 23.5. The first-order chi connectivity index (χ1) is 22.6. The molecule has 0 saturated carbocycles. The molecule has 48 heavy (non-hydrogen) atoms. The summed E-state index contributed by atoms with van der Waals surface area (Å²) < 4.78 is 8.50. The van der Waals surface area contributed by atoms with Gasteiger partial charge in [-0.05, 0) is 144 Å². The van der Waals surface area contributed by atoms with E-state index in [4.69, 9.17) is 4.43 Å². The number of rotatable bonds is 5. The minimum absolute atomic E-state index is 0.538. The molecule has 0 aliphatic carbocycles. The molecule has 0 amide bonds. The van der Waals surface area contributed by atoms with E-state index >= 15 is 0 Å².